The third-order valence-corrected chi connectivity index (χ3v) is 6.07. The molecule has 1 aromatic carbocycles. The van der Waals surface area contributed by atoms with Crippen molar-refractivity contribution >= 4 is 16.1 Å². The monoisotopic (exact) mass is 356 g/mol. The maximum atomic E-state index is 12.5. The fourth-order valence-electron chi connectivity index (χ4n) is 3.25. The van der Waals surface area contributed by atoms with Gasteiger partial charge >= 0.3 is 5.97 Å². The van der Waals surface area contributed by atoms with Crippen LogP contribution in [-0.2, 0) is 31.0 Å². The Bertz CT molecular complexity index is 642. The molecule has 0 radical (unpaired) electrons. The molecule has 0 bridgehead atoms. The predicted octanol–water partition coefficient (Wildman–Crippen LogP) is 2.44. The first-order chi connectivity index (χ1) is 11.3. The molecule has 2 rings (SSSR count). The number of benzene rings is 1. The first-order valence-electron chi connectivity index (χ1n) is 8.02. The van der Waals surface area contributed by atoms with Crippen LogP contribution >= 0.6 is 0 Å². The van der Waals surface area contributed by atoms with Crippen molar-refractivity contribution < 1.29 is 27.2 Å². The van der Waals surface area contributed by atoms with Crippen molar-refractivity contribution in [3.05, 3.63) is 35.9 Å². The Morgan fingerprint density at radius 3 is 2.54 bits per heavy atom. The molecular weight excluding hydrogens is 332 g/mol. The molecule has 0 aliphatic heterocycles. The molecule has 1 aliphatic rings. The summed E-state index contributed by atoms with van der Waals surface area (Å²) < 4.78 is 43.1. The SMILES string of the molecule is CO[C@@H]1CC[C@H](C(=O)OCc2ccccc2)[C@H](C(C)S(=O)(=O)O)C1. The summed E-state index contributed by atoms with van der Waals surface area (Å²) in [6.45, 7) is 1.58. The minimum absolute atomic E-state index is 0.114. The number of hydrogen-bond acceptors (Lipinski definition) is 5. The molecule has 0 amide bonds. The number of carbonyl (C=O) groups excluding carboxylic acids is 1. The lowest BCUT2D eigenvalue weighted by molar-refractivity contribution is -0.154. The van der Waals surface area contributed by atoms with E-state index in [4.69, 9.17) is 9.47 Å². The molecule has 134 valence electrons. The van der Waals surface area contributed by atoms with Crippen LogP contribution in [0.4, 0.5) is 0 Å². The molecule has 1 saturated carbocycles. The normalized spacial score (nSPS) is 25.9. The van der Waals surface area contributed by atoms with E-state index in [0.717, 1.165) is 5.56 Å². The van der Waals surface area contributed by atoms with Crippen LogP contribution < -0.4 is 0 Å². The second-order valence-corrected chi connectivity index (χ2v) is 8.03. The van der Waals surface area contributed by atoms with Crippen LogP contribution in [0.3, 0.4) is 0 Å². The molecule has 24 heavy (non-hydrogen) atoms. The van der Waals surface area contributed by atoms with Crippen LogP contribution in [-0.4, -0.2) is 37.4 Å². The highest BCUT2D eigenvalue weighted by Crippen LogP contribution is 2.37. The van der Waals surface area contributed by atoms with Gasteiger partial charge in [0.25, 0.3) is 10.1 Å². The Kier molecular flexibility index (Phi) is 6.37. The van der Waals surface area contributed by atoms with Gasteiger partial charge in [-0.15, -0.1) is 0 Å². The Hall–Kier alpha value is -1.44. The van der Waals surface area contributed by atoms with E-state index in [1.165, 1.54) is 6.92 Å². The Balaban J connectivity index is 2.08. The van der Waals surface area contributed by atoms with Gasteiger partial charge in [-0.05, 0) is 37.7 Å². The number of hydrogen-bond donors (Lipinski definition) is 1. The molecule has 7 heteroatoms. The predicted molar refractivity (Wildman–Crippen MR) is 88.9 cm³/mol. The second kappa shape index (κ2) is 8.09. The summed E-state index contributed by atoms with van der Waals surface area (Å²) in [4.78, 5) is 12.5. The van der Waals surface area contributed by atoms with E-state index >= 15 is 0 Å². The summed E-state index contributed by atoms with van der Waals surface area (Å²) in [5, 5.41) is -1.04. The van der Waals surface area contributed by atoms with Gasteiger partial charge < -0.3 is 9.47 Å². The highest BCUT2D eigenvalue weighted by atomic mass is 32.2. The molecule has 0 heterocycles. The van der Waals surface area contributed by atoms with Crippen LogP contribution in [0.1, 0.15) is 31.7 Å². The van der Waals surface area contributed by atoms with Gasteiger partial charge in [0.1, 0.15) is 6.61 Å². The first-order valence-corrected chi connectivity index (χ1v) is 9.53. The number of esters is 1. The second-order valence-electron chi connectivity index (χ2n) is 6.25. The molecule has 1 aliphatic carbocycles. The number of methoxy groups -OCH3 is 1. The highest BCUT2D eigenvalue weighted by molar-refractivity contribution is 7.86. The van der Waals surface area contributed by atoms with Crippen molar-refractivity contribution in [2.75, 3.05) is 7.11 Å². The maximum absolute atomic E-state index is 12.5. The third-order valence-electron chi connectivity index (χ3n) is 4.78. The molecule has 1 aromatic rings. The van der Waals surface area contributed by atoms with Crippen LogP contribution in [0.5, 0.6) is 0 Å². The summed E-state index contributed by atoms with van der Waals surface area (Å²) in [5.41, 5.74) is 0.871. The van der Waals surface area contributed by atoms with Gasteiger partial charge in [0, 0.05) is 7.11 Å². The van der Waals surface area contributed by atoms with Gasteiger partial charge in [0.05, 0.1) is 17.3 Å². The third kappa shape index (κ3) is 4.78. The van der Waals surface area contributed by atoms with Gasteiger partial charge in [-0.25, -0.2) is 0 Å². The van der Waals surface area contributed by atoms with Gasteiger partial charge in [-0.2, -0.15) is 8.42 Å². The molecule has 4 atom stereocenters. The first kappa shape index (κ1) is 18.9. The molecule has 0 saturated heterocycles. The van der Waals surface area contributed by atoms with Crippen molar-refractivity contribution in [1.29, 1.82) is 0 Å². The van der Waals surface area contributed by atoms with E-state index in [9.17, 15) is 17.8 Å². The van der Waals surface area contributed by atoms with Crippen molar-refractivity contribution in [3.8, 4) is 0 Å². The maximum Gasteiger partial charge on any atom is 0.309 e. The van der Waals surface area contributed by atoms with Crippen LogP contribution in [0.15, 0.2) is 30.3 Å². The van der Waals surface area contributed by atoms with Crippen LogP contribution in [0, 0.1) is 11.8 Å². The number of ether oxygens (including phenoxy) is 2. The minimum Gasteiger partial charge on any atom is -0.461 e. The summed E-state index contributed by atoms with van der Waals surface area (Å²) in [7, 11) is -2.67. The van der Waals surface area contributed by atoms with E-state index in [2.05, 4.69) is 0 Å². The highest BCUT2D eigenvalue weighted by Gasteiger charge is 2.42. The van der Waals surface area contributed by atoms with Crippen LogP contribution in [0.2, 0.25) is 0 Å². The average molecular weight is 356 g/mol. The quantitative estimate of drug-likeness (QED) is 0.622. The molecule has 1 fully saturated rings. The summed E-state index contributed by atoms with van der Waals surface area (Å²) in [6.07, 6.45) is 1.44. The zero-order chi connectivity index (χ0) is 17.7. The van der Waals surface area contributed by atoms with E-state index in [0.29, 0.717) is 19.3 Å². The summed E-state index contributed by atoms with van der Waals surface area (Å²) in [5.74, 6) is -1.51. The Morgan fingerprint density at radius 1 is 1.29 bits per heavy atom. The topological polar surface area (TPSA) is 89.9 Å². The van der Waals surface area contributed by atoms with Crippen molar-refractivity contribution in [2.24, 2.45) is 11.8 Å². The molecule has 6 nitrogen and oxygen atoms in total. The average Bonchev–Trinajstić information content (AvgIpc) is 2.58. The summed E-state index contributed by atoms with van der Waals surface area (Å²) in [6, 6.07) is 9.30. The zero-order valence-corrected chi connectivity index (χ0v) is 14.7. The standard InChI is InChI=1S/C17H24O6S/c1-12(24(19,20)21)16-10-14(22-2)8-9-15(16)17(18)23-11-13-6-4-3-5-7-13/h3-7,12,14-16H,8-11H2,1-2H3,(H,19,20,21)/t12?,14-,15+,16+/m1/s1. The fourth-order valence-corrected chi connectivity index (χ4v) is 3.99. The largest absolute Gasteiger partial charge is 0.461 e. The number of carbonyl (C=O) groups is 1. The summed E-state index contributed by atoms with van der Waals surface area (Å²) >= 11 is 0. The fraction of sp³-hybridized carbons (Fsp3) is 0.588. The lowest BCUT2D eigenvalue weighted by Gasteiger charge is -2.36. The zero-order valence-electron chi connectivity index (χ0n) is 13.9. The molecular formula is C17H24O6S. The smallest absolute Gasteiger partial charge is 0.309 e. The molecule has 0 spiro atoms. The Morgan fingerprint density at radius 2 is 1.96 bits per heavy atom. The van der Waals surface area contributed by atoms with Crippen molar-refractivity contribution in [1.82, 2.24) is 0 Å². The lowest BCUT2D eigenvalue weighted by atomic mass is 9.76. The van der Waals surface area contributed by atoms with Crippen molar-refractivity contribution in [2.45, 2.75) is 44.1 Å². The van der Waals surface area contributed by atoms with Gasteiger partial charge in [0.2, 0.25) is 0 Å². The minimum atomic E-state index is -4.23. The molecule has 0 aromatic heterocycles. The van der Waals surface area contributed by atoms with E-state index in [1.807, 2.05) is 30.3 Å². The number of rotatable bonds is 6. The van der Waals surface area contributed by atoms with Crippen LogP contribution in [0.25, 0.3) is 0 Å². The van der Waals surface area contributed by atoms with Gasteiger partial charge in [-0.3, -0.25) is 9.35 Å². The van der Waals surface area contributed by atoms with E-state index < -0.39 is 33.2 Å². The van der Waals surface area contributed by atoms with Gasteiger partial charge in [0.15, 0.2) is 0 Å². The van der Waals surface area contributed by atoms with E-state index in [1.54, 1.807) is 7.11 Å². The molecule has 1 N–H and O–H groups in total. The van der Waals surface area contributed by atoms with E-state index in [-0.39, 0.29) is 12.7 Å². The Labute approximate surface area is 142 Å². The molecule has 1 unspecified atom stereocenters. The van der Waals surface area contributed by atoms with Gasteiger partial charge in [-0.1, -0.05) is 30.3 Å². The van der Waals surface area contributed by atoms with Crippen molar-refractivity contribution in [3.63, 3.8) is 0 Å². The lowest BCUT2D eigenvalue weighted by Crippen LogP contribution is -2.42.